The van der Waals surface area contributed by atoms with Gasteiger partial charge in [0.25, 0.3) is 0 Å². The zero-order chi connectivity index (χ0) is 13.8. The van der Waals surface area contributed by atoms with E-state index in [1.165, 1.54) is 0 Å². The van der Waals surface area contributed by atoms with Crippen LogP contribution >= 0.6 is 0 Å². The summed E-state index contributed by atoms with van der Waals surface area (Å²) in [5, 5.41) is 0. The second kappa shape index (κ2) is 6.12. The van der Waals surface area contributed by atoms with Gasteiger partial charge in [0.1, 0.15) is 11.6 Å². The Morgan fingerprint density at radius 3 is 3.00 bits per heavy atom. The van der Waals surface area contributed by atoms with Gasteiger partial charge in [-0.1, -0.05) is 0 Å². The normalized spacial score (nSPS) is 21.5. The van der Waals surface area contributed by atoms with Crippen molar-refractivity contribution in [3.05, 3.63) is 23.9 Å². The Labute approximate surface area is 114 Å². The van der Waals surface area contributed by atoms with Gasteiger partial charge in [-0.25, -0.2) is 4.98 Å². The van der Waals surface area contributed by atoms with Gasteiger partial charge in [-0.3, -0.25) is 4.79 Å². The van der Waals surface area contributed by atoms with Crippen LogP contribution < -0.4 is 5.73 Å². The zero-order valence-electron chi connectivity index (χ0n) is 11.7. The number of nitrogen functional groups attached to an aromatic ring is 1. The highest BCUT2D eigenvalue weighted by atomic mass is 16.1. The Balaban J connectivity index is 1.90. The van der Waals surface area contributed by atoms with Gasteiger partial charge in [-0.05, 0) is 31.8 Å². The molecule has 19 heavy (non-hydrogen) atoms. The summed E-state index contributed by atoms with van der Waals surface area (Å²) in [7, 11) is 4.20. The van der Waals surface area contributed by atoms with E-state index >= 15 is 0 Å². The van der Waals surface area contributed by atoms with Crippen molar-refractivity contribution < 1.29 is 4.79 Å². The topological polar surface area (TPSA) is 62.5 Å². The lowest BCUT2D eigenvalue weighted by Gasteiger charge is -2.37. The molecule has 0 spiro atoms. The molecule has 2 N–H and O–H groups in total. The van der Waals surface area contributed by atoms with Crippen molar-refractivity contribution in [2.45, 2.75) is 18.9 Å². The summed E-state index contributed by atoms with van der Waals surface area (Å²) in [5.41, 5.74) is 6.57. The maximum atomic E-state index is 12.1. The van der Waals surface area contributed by atoms with Crippen LogP contribution in [0.2, 0.25) is 0 Å². The van der Waals surface area contributed by atoms with Crippen LogP contribution in [-0.4, -0.2) is 60.3 Å². The largest absolute Gasteiger partial charge is 0.384 e. The van der Waals surface area contributed by atoms with Crippen LogP contribution in [0, 0.1) is 0 Å². The summed E-state index contributed by atoms with van der Waals surface area (Å²) in [6, 6.07) is 3.95. The summed E-state index contributed by atoms with van der Waals surface area (Å²) in [5.74, 6) is 0.734. The van der Waals surface area contributed by atoms with Gasteiger partial charge in [-0.2, -0.15) is 0 Å². The maximum Gasteiger partial charge on any atom is 0.138 e. The van der Waals surface area contributed by atoms with Gasteiger partial charge in [0.2, 0.25) is 0 Å². The third-order valence-corrected chi connectivity index (χ3v) is 3.69. The van der Waals surface area contributed by atoms with E-state index in [0.29, 0.717) is 24.7 Å². The number of aromatic nitrogens is 1. The first kappa shape index (κ1) is 14.0. The highest BCUT2D eigenvalue weighted by molar-refractivity contribution is 5.81. The van der Waals surface area contributed by atoms with Crippen molar-refractivity contribution in [3.8, 4) is 0 Å². The number of Topliss-reactive ketones (excluding diaryl/α,β-unsaturated/α-hetero) is 1. The van der Waals surface area contributed by atoms with Gasteiger partial charge in [-0.15, -0.1) is 0 Å². The van der Waals surface area contributed by atoms with E-state index in [4.69, 9.17) is 5.73 Å². The quantitative estimate of drug-likeness (QED) is 0.851. The van der Waals surface area contributed by atoms with E-state index in [9.17, 15) is 4.79 Å². The Morgan fingerprint density at radius 2 is 2.26 bits per heavy atom. The first-order chi connectivity index (χ1) is 9.04. The van der Waals surface area contributed by atoms with Crippen molar-refractivity contribution in [1.82, 2.24) is 14.8 Å². The number of pyridine rings is 1. The lowest BCUT2D eigenvalue weighted by Crippen LogP contribution is -2.50. The van der Waals surface area contributed by atoms with Crippen LogP contribution in [0.25, 0.3) is 0 Å². The van der Waals surface area contributed by atoms with Gasteiger partial charge in [0, 0.05) is 44.7 Å². The summed E-state index contributed by atoms with van der Waals surface area (Å²) in [4.78, 5) is 20.6. The third-order valence-electron chi connectivity index (χ3n) is 3.69. The number of hydrogen-bond donors (Lipinski definition) is 1. The van der Waals surface area contributed by atoms with Crippen LogP contribution in [0.4, 0.5) is 5.82 Å². The fraction of sp³-hybridized carbons (Fsp3) is 0.571. The van der Waals surface area contributed by atoms with Crippen LogP contribution in [0.1, 0.15) is 12.0 Å². The molecule has 1 atom stereocenters. The molecule has 5 heteroatoms. The van der Waals surface area contributed by atoms with Crippen LogP contribution in [-0.2, 0) is 11.2 Å². The number of carbonyl (C=O) groups is 1. The second-order valence-corrected chi connectivity index (χ2v) is 5.41. The van der Waals surface area contributed by atoms with E-state index in [-0.39, 0.29) is 5.78 Å². The molecule has 1 unspecified atom stereocenters. The predicted octanol–water partition coefficient (Wildman–Crippen LogP) is 0.411. The standard InChI is InChI=1S/C14H22N4O/c1-17-5-6-18(2)12(10-17)9-13(19)7-11-3-4-16-14(15)8-11/h3-4,8,12H,5-7,9-10H2,1-2H3,(H2,15,16). The highest BCUT2D eigenvalue weighted by Gasteiger charge is 2.24. The van der Waals surface area contributed by atoms with Crippen LogP contribution in [0.5, 0.6) is 0 Å². The van der Waals surface area contributed by atoms with Gasteiger partial charge < -0.3 is 15.5 Å². The average Bonchev–Trinajstić information content (AvgIpc) is 2.34. The second-order valence-electron chi connectivity index (χ2n) is 5.41. The molecule has 1 aliphatic rings. The fourth-order valence-corrected chi connectivity index (χ4v) is 2.49. The highest BCUT2D eigenvalue weighted by Crippen LogP contribution is 2.12. The molecule has 1 fully saturated rings. The fourth-order valence-electron chi connectivity index (χ4n) is 2.49. The molecule has 1 saturated heterocycles. The Bertz CT molecular complexity index is 449. The molecular formula is C14H22N4O. The molecule has 0 radical (unpaired) electrons. The number of likely N-dealkylation sites (N-methyl/N-ethyl adjacent to an activating group) is 2. The number of piperazine rings is 1. The third kappa shape index (κ3) is 4.01. The first-order valence-electron chi connectivity index (χ1n) is 6.65. The average molecular weight is 262 g/mol. The van der Waals surface area contributed by atoms with Crippen LogP contribution in [0.3, 0.4) is 0 Å². The molecule has 1 aromatic rings. The van der Waals surface area contributed by atoms with E-state index in [2.05, 4.69) is 28.9 Å². The molecule has 0 amide bonds. The Hall–Kier alpha value is -1.46. The van der Waals surface area contributed by atoms with Crippen molar-refractivity contribution in [2.24, 2.45) is 0 Å². The monoisotopic (exact) mass is 262 g/mol. The van der Waals surface area contributed by atoms with Gasteiger partial charge in [0.15, 0.2) is 0 Å². The number of carbonyl (C=O) groups excluding carboxylic acids is 1. The SMILES string of the molecule is CN1CCN(C)C(CC(=O)Cc2ccnc(N)c2)C1. The zero-order valence-corrected chi connectivity index (χ0v) is 11.7. The van der Waals surface area contributed by atoms with E-state index < -0.39 is 0 Å². The minimum atomic E-state index is 0.262. The summed E-state index contributed by atoms with van der Waals surface area (Å²) >= 11 is 0. The molecule has 0 bridgehead atoms. The molecule has 104 valence electrons. The minimum absolute atomic E-state index is 0.262. The molecule has 5 nitrogen and oxygen atoms in total. The van der Waals surface area contributed by atoms with E-state index in [1.54, 1.807) is 12.3 Å². The van der Waals surface area contributed by atoms with Crippen molar-refractivity contribution >= 4 is 11.6 Å². The molecule has 2 heterocycles. The maximum absolute atomic E-state index is 12.1. The lowest BCUT2D eigenvalue weighted by molar-refractivity contribution is -0.120. The summed E-state index contributed by atoms with van der Waals surface area (Å²) in [6.45, 7) is 3.06. The molecule has 0 aliphatic carbocycles. The van der Waals surface area contributed by atoms with Gasteiger partial charge >= 0.3 is 0 Å². The molecular weight excluding hydrogens is 240 g/mol. The molecule has 1 aromatic heterocycles. The summed E-state index contributed by atoms with van der Waals surface area (Å²) < 4.78 is 0. The molecule has 1 aliphatic heterocycles. The van der Waals surface area contributed by atoms with Crippen molar-refractivity contribution in [2.75, 3.05) is 39.5 Å². The number of nitrogens with zero attached hydrogens (tertiary/aromatic N) is 3. The lowest BCUT2D eigenvalue weighted by atomic mass is 10.0. The molecule has 0 aromatic carbocycles. The van der Waals surface area contributed by atoms with Gasteiger partial charge in [0.05, 0.1) is 0 Å². The minimum Gasteiger partial charge on any atom is -0.384 e. The van der Waals surface area contributed by atoms with Crippen molar-refractivity contribution in [1.29, 1.82) is 0 Å². The molecule has 0 saturated carbocycles. The number of anilines is 1. The number of rotatable bonds is 4. The number of hydrogen-bond acceptors (Lipinski definition) is 5. The number of nitrogens with two attached hydrogens (primary N) is 1. The molecule has 2 rings (SSSR count). The summed E-state index contributed by atoms with van der Waals surface area (Å²) in [6.07, 6.45) is 2.70. The Morgan fingerprint density at radius 1 is 1.47 bits per heavy atom. The van der Waals surface area contributed by atoms with Crippen molar-refractivity contribution in [3.63, 3.8) is 0 Å². The van der Waals surface area contributed by atoms with Crippen LogP contribution in [0.15, 0.2) is 18.3 Å². The first-order valence-corrected chi connectivity index (χ1v) is 6.65. The number of ketones is 1. The smallest absolute Gasteiger partial charge is 0.138 e. The van der Waals surface area contributed by atoms with E-state index in [1.807, 2.05) is 6.07 Å². The predicted molar refractivity (Wildman–Crippen MR) is 75.9 cm³/mol. The Kier molecular flexibility index (Phi) is 4.50. The van der Waals surface area contributed by atoms with E-state index in [0.717, 1.165) is 25.2 Å².